The van der Waals surface area contributed by atoms with Crippen molar-refractivity contribution in [3.63, 3.8) is 0 Å². The number of benzene rings is 1. The summed E-state index contributed by atoms with van der Waals surface area (Å²) in [5.74, 6) is -1.64. The van der Waals surface area contributed by atoms with Gasteiger partial charge in [-0.2, -0.15) is 13.2 Å². The molecule has 2 heterocycles. The van der Waals surface area contributed by atoms with Crippen LogP contribution in [0.2, 0.25) is 0 Å². The molecule has 3 rings (SSSR count). The Labute approximate surface area is 157 Å². The first-order chi connectivity index (χ1) is 12.2. The van der Waals surface area contributed by atoms with Gasteiger partial charge in [-0.1, -0.05) is 28.1 Å². The Morgan fingerprint density at radius 1 is 1.23 bits per heavy atom. The number of hydrogen-bond acceptors (Lipinski definition) is 3. The molecule has 0 aromatic heterocycles. The molecule has 9 heteroatoms. The number of likely N-dealkylation sites (tertiary alicyclic amines) is 1. The Balaban J connectivity index is 1.62. The quantitative estimate of drug-likeness (QED) is 0.734. The van der Waals surface area contributed by atoms with E-state index in [-0.39, 0.29) is 25.0 Å². The molecule has 0 bridgehead atoms. The van der Waals surface area contributed by atoms with Crippen molar-refractivity contribution in [1.29, 1.82) is 0 Å². The lowest BCUT2D eigenvalue weighted by atomic mass is 10.0. The number of morpholine rings is 1. The van der Waals surface area contributed by atoms with Crippen LogP contribution in [0.15, 0.2) is 28.7 Å². The number of carbonyl (C=O) groups excluding carboxylic acids is 2. The van der Waals surface area contributed by atoms with Gasteiger partial charge in [0.05, 0.1) is 19.1 Å². The molecule has 0 N–H and O–H groups in total. The van der Waals surface area contributed by atoms with Crippen LogP contribution in [0.25, 0.3) is 0 Å². The molecule has 2 fully saturated rings. The second-order valence-electron chi connectivity index (χ2n) is 6.49. The molecule has 1 aromatic carbocycles. The SMILES string of the molecule is O=C1CC(C(=O)N2CCOC(c3ccc(Br)cc3)C2)CN1CC(F)(F)F. The van der Waals surface area contributed by atoms with Gasteiger partial charge in [0, 0.05) is 24.0 Å². The van der Waals surface area contributed by atoms with E-state index < -0.39 is 24.5 Å². The molecule has 26 heavy (non-hydrogen) atoms. The maximum Gasteiger partial charge on any atom is 0.406 e. The third kappa shape index (κ3) is 4.56. The summed E-state index contributed by atoms with van der Waals surface area (Å²) in [6.07, 6.45) is -4.92. The summed E-state index contributed by atoms with van der Waals surface area (Å²) < 4.78 is 44.2. The van der Waals surface area contributed by atoms with E-state index >= 15 is 0 Å². The van der Waals surface area contributed by atoms with E-state index in [1.807, 2.05) is 24.3 Å². The lowest BCUT2D eigenvalue weighted by Crippen LogP contribution is -2.45. The van der Waals surface area contributed by atoms with Crippen molar-refractivity contribution >= 4 is 27.7 Å². The van der Waals surface area contributed by atoms with Gasteiger partial charge in [-0.05, 0) is 17.7 Å². The van der Waals surface area contributed by atoms with E-state index in [1.165, 1.54) is 0 Å². The third-order valence-electron chi connectivity index (χ3n) is 4.55. The highest BCUT2D eigenvalue weighted by Gasteiger charge is 2.42. The van der Waals surface area contributed by atoms with Gasteiger partial charge >= 0.3 is 6.18 Å². The normalized spacial score (nSPS) is 24.2. The van der Waals surface area contributed by atoms with Crippen LogP contribution in [0.5, 0.6) is 0 Å². The van der Waals surface area contributed by atoms with E-state index in [0.717, 1.165) is 14.9 Å². The molecule has 0 aliphatic carbocycles. The van der Waals surface area contributed by atoms with Crippen molar-refractivity contribution in [2.24, 2.45) is 5.92 Å². The van der Waals surface area contributed by atoms with E-state index in [2.05, 4.69) is 15.9 Å². The van der Waals surface area contributed by atoms with Crippen LogP contribution in [-0.2, 0) is 14.3 Å². The van der Waals surface area contributed by atoms with Gasteiger partial charge in [-0.3, -0.25) is 9.59 Å². The van der Waals surface area contributed by atoms with Crippen LogP contribution >= 0.6 is 15.9 Å². The molecule has 2 unspecified atom stereocenters. The molecule has 2 aliphatic rings. The van der Waals surface area contributed by atoms with Gasteiger partial charge in [0.15, 0.2) is 0 Å². The Kier molecular flexibility index (Phi) is 5.57. The molecule has 5 nitrogen and oxygen atoms in total. The predicted molar refractivity (Wildman–Crippen MR) is 90.2 cm³/mol. The summed E-state index contributed by atoms with van der Waals surface area (Å²) >= 11 is 3.36. The largest absolute Gasteiger partial charge is 0.406 e. The summed E-state index contributed by atoms with van der Waals surface area (Å²) in [7, 11) is 0. The molecular weight excluding hydrogens is 417 g/mol. The Bertz CT molecular complexity index is 681. The molecule has 2 atom stereocenters. The van der Waals surface area contributed by atoms with Crippen molar-refractivity contribution in [1.82, 2.24) is 9.80 Å². The summed E-state index contributed by atoms with van der Waals surface area (Å²) in [6, 6.07) is 7.55. The second kappa shape index (κ2) is 7.56. The minimum atomic E-state index is -4.46. The first-order valence-electron chi connectivity index (χ1n) is 8.23. The molecule has 2 aliphatic heterocycles. The van der Waals surface area contributed by atoms with Crippen LogP contribution in [-0.4, -0.2) is 60.6 Å². The lowest BCUT2D eigenvalue weighted by molar-refractivity contribution is -0.157. The van der Waals surface area contributed by atoms with E-state index in [4.69, 9.17) is 4.74 Å². The molecule has 0 radical (unpaired) electrons. The number of carbonyl (C=O) groups is 2. The maximum absolute atomic E-state index is 12.7. The van der Waals surface area contributed by atoms with Crippen LogP contribution in [0.3, 0.4) is 0 Å². The summed E-state index contributed by atoms with van der Waals surface area (Å²) in [5, 5.41) is 0. The third-order valence-corrected chi connectivity index (χ3v) is 5.08. The summed E-state index contributed by atoms with van der Waals surface area (Å²) in [6.45, 7) is -0.447. The van der Waals surface area contributed by atoms with Gasteiger partial charge in [0.25, 0.3) is 0 Å². The molecule has 2 amide bonds. The number of ether oxygens (including phenoxy) is 1. The average molecular weight is 435 g/mol. The van der Waals surface area contributed by atoms with Gasteiger partial charge in [-0.15, -0.1) is 0 Å². The van der Waals surface area contributed by atoms with Crippen LogP contribution in [0.4, 0.5) is 13.2 Å². The van der Waals surface area contributed by atoms with E-state index in [9.17, 15) is 22.8 Å². The molecule has 0 spiro atoms. The number of amides is 2. The van der Waals surface area contributed by atoms with Crippen molar-refractivity contribution in [3.8, 4) is 0 Å². The molecular formula is C17H18BrF3N2O3. The fourth-order valence-corrected chi connectivity index (χ4v) is 3.56. The highest BCUT2D eigenvalue weighted by molar-refractivity contribution is 9.10. The summed E-state index contributed by atoms with van der Waals surface area (Å²) in [5.41, 5.74) is 0.923. The first-order valence-corrected chi connectivity index (χ1v) is 9.02. The number of rotatable bonds is 3. The minimum absolute atomic E-state index is 0.171. The number of halogens is 4. The van der Waals surface area contributed by atoms with Crippen LogP contribution in [0.1, 0.15) is 18.1 Å². The van der Waals surface area contributed by atoms with Crippen molar-refractivity contribution in [2.45, 2.75) is 18.7 Å². The van der Waals surface area contributed by atoms with Gasteiger partial charge in [0.1, 0.15) is 12.6 Å². The smallest absolute Gasteiger partial charge is 0.370 e. The standard InChI is InChI=1S/C17H18BrF3N2O3/c18-13-3-1-11(2-4-13)14-9-22(5-6-26-14)16(25)12-7-15(24)23(8-12)10-17(19,20)21/h1-4,12,14H,5-10H2. The summed E-state index contributed by atoms with van der Waals surface area (Å²) in [4.78, 5) is 26.8. The van der Waals surface area contributed by atoms with E-state index in [0.29, 0.717) is 19.7 Å². The Hall–Kier alpha value is -1.61. The zero-order chi connectivity index (χ0) is 18.9. The predicted octanol–water partition coefficient (Wildman–Crippen LogP) is 2.76. The molecule has 1 aromatic rings. The minimum Gasteiger partial charge on any atom is -0.370 e. The fraction of sp³-hybridized carbons (Fsp3) is 0.529. The van der Waals surface area contributed by atoms with Crippen molar-refractivity contribution < 1.29 is 27.5 Å². The highest BCUT2D eigenvalue weighted by atomic mass is 79.9. The van der Waals surface area contributed by atoms with Gasteiger partial charge < -0.3 is 14.5 Å². The Morgan fingerprint density at radius 2 is 1.92 bits per heavy atom. The van der Waals surface area contributed by atoms with Crippen LogP contribution in [0, 0.1) is 5.92 Å². The highest BCUT2D eigenvalue weighted by Crippen LogP contribution is 2.28. The van der Waals surface area contributed by atoms with E-state index in [1.54, 1.807) is 4.90 Å². The zero-order valence-electron chi connectivity index (χ0n) is 13.8. The number of hydrogen-bond donors (Lipinski definition) is 0. The van der Waals surface area contributed by atoms with Gasteiger partial charge in [-0.25, -0.2) is 0 Å². The second-order valence-corrected chi connectivity index (χ2v) is 7.40. The zero-order valence-corrected chi connectivity index (χ0v) is 15.4. The number of nitrogens with zero attached hydrogens (tertiary/aromatic N) is 2. The first kappa shape index (κ1) is 19.2. The molecule has 142 valence electrons. The van der Waals surface area contributed by atoms with Crippen molar-refractivity contribution in [2.75, 3.05) is 32.8 Å². The molecule has 2 saturated heterocycles. The topological polar surface area (TPSA) is 49.9 Å². The molecule has 0 saturated carbocycles. The maximum atomic E-state index is 12.7. The Morgan fingerprint density at radius 3 is 2.58 bits per heavy atom. The average Bonchev–Trinajstić information content (AvgIpc) is 2.94. The lowest BCUT2D eigenvalue weighted by Gasteiger charge is -2.34. The van der Waals surface area contributed by atoms with Crippen molar-refractivity contribution in [3.05, 3.63) is 34.3 Å². The number of alkyl halides is 3. The van der Waals surface area contributed by atoms with Gasteiger partial charge in [0.2, 0.25) is 11.8 Å². The fourth-order valence-electron chi connectivity index (χ4n) is 3.29. The monoisotopic (exact) mass is 434 g/mol. The van der Waals surface area contributed by atoms with Crippen LogP contribution < -0.4 is 0 Å².